The van der Waals surface area contributed by atoms with Gasteiger partial charge in [-0.2, -0.15) is 5.10 Å². The monoisotopic (exact) mass is 348 g/mol. The molecule has 3 aromatic rings. The van der Waals surface area contributed by atoms with E-state index in [2.05, 4.69) is 46.1 Å². The van der Waals surface area contributed by atoms with Crippen LogP contribution in [0.15, 0.2) is 55.2 Å². The number of benzene rings is 1. The van der Waals surface area contributed by atoms with Crippen LogP contribution in [-0.4, -0.2) is 50.2 Å². The Labute approximate surface area is 151 Å². The maximum atomic E-state index is 13.2. The van der Waals surface area contributed by atoms with E-state index in [4.69, 9.17) is 0 Å². The summed E-state index contributed by atoms with van der Waals surface area (Å²) in [6.07, 6.45) is 4.64. The van der Waals surface area contributed by atoms with Crippen LogP contribution in [0.3, 0.4) is 0 Å². The zero-order chi connectivity index (χ0) is 18.1. The van der Waals surface area contributed by atoms with Gasteiger partial charge in [-0.3, -0.25) is 4.79 Å². The number of likely N-dealkylation sites (N-methyl/N-ethyl adjacent to an activating group) is 1. The number of pyridine rings is 1. The first-order valence-electron chi connectivity index (χ1n) is 8.54. The van der Waals surface area contributed by atoms with Crippen molar-refractivity contribution in [1.82, 2.24) is 24.6 Å². The molecule has 4 rings (SSSR count). The number of carbonyl (C=O) groups excluding carboxylic acids is 1. The minimum absolute atomic E-state index is 0.00799. The van der Waals surface area contributed by atoms with Crippen LogP contribution in [0, 0.1) is 0 Å². The number of anilines is 1. The molecule has 3 heterocycles. The van der Waals surface area contributed by atoms with Crippen LogP contribution in [0.2, 0.25) is 0 Å². The van der Waals surface area contributed by atoms with Crippen molar-refractivity contribution in [3.8, 4) is 5.82 Å². The third-order valence-electron chi connectivity index (χ3n) is 4.72. The number of amides is 1. The van der Waals surface area contributed by atoms with E-state index in [9.17, 15) is 4.79 Å². The lowest BCUT2D eigenvalue weighted by molar-refractivity contribution is 0.0687. The van der Waals surface area contributed by atoms with Gasteiger partial charge in [0.15, 0.2) is 5.82 Å². The highest BCUT2D eigenvalue weighted by Gasteiger charge is 2.27. The fraction of sp³-hybridized carbons (Fsp3) is 0.263. The average molecular weight is 348 g/mol. The predicted molar refractivity (Wildman–Crippen MR) is 98.2 cm³/mol. The van der Waals surface area contributed by atoms with Crippen LogP contribution >= 0.6 is 0 Å². The van der Waals surface area contributed by atoms with Crippen molar-refractivity contribution in [2.45, 2.75) is 19.5 Å². The topological polar surface area (TPSA) is 67.2 Å². The van der Waals surface area contributed by atoms with Crippen LogP contribution in [0.4, 0.5) is 5.69 Å². The summed E-state index contributed by atoms with van der Waals surface area (Å²) in [6.45, 7) is 3.45. The number of para-hydroxylation sites is 1. The van der Waals surface area contributed by atoms with E-state index in [0.29, 0.717) is 17.9 Å². The standard InChI is InChI=1S/C19H20N6O/c1-14-10-23(2)17-6-4-3-5-16(17)11-24(14)19(26)15-7-8-21-18(9-15)25-13-20-12-22-25/h3-9,12-14H,10-11H2,1-2H3. The Balaban J connectivity index is 1.67. The van der Waals surface area contributed by atoms with Gasteiger partial charge in [0.05, 0.1) is 0 Å². The summed E-state index contributed by atoms with van der Waals surface area (Å²) in [5, 5.41) is 4.08. The number of rotatable bonds is 2. The van der Waals surface area contributed by atoms with E-state index < -0.39 is 0 Å². The smallest absolute Gasteiger partial charge is 0.254 e. The van der Waals surface area contributed by atoms with Gasteiger partial charge < -0.3 is 9.80 Å². The Morgan fingerprint density at radius 3 is 2.88 bits per heavy atom. The molecule has 1 aliphatic rings. The molecule has 0 N–H and O–H groups in total. The quantitative estimate of drug-likeness (QED) is 0.710. The molecule has 26 heavy (non-hydrogen) atoms. The first kappa shape index (κ1) is 16.3. The Bertz CT molecular complexity index is 923. The van der Waals surface area contributed by atoms with Crippen molar-refractivity contribution < 1.29 is 4.79 Å². The molecular weight excluding hydrogens is 328 g/mol. The molecule has 1 atom stereocenters. The van der Waals surface area contributed by atoms with Crippen molar-refractivity contribution in [3.63, 3.8) is 0 Å². The first-order chi connectivity index (χ1) is 12.6. The third-order valence-corrected chi connectivity index (χ3v) is 4.72. The molecule has 0 saturated heterocycles. The van der Waals surface area contributed by atoms with Crippen molar-refractivity contribution in [3.05, 3.63) is 66.4 Å². The number of fused-ring (bicyclic) bond motifs is 1. The molecule has 7 nitrogen and oxygen atoms in total. The minimum Gasteiger partial charge on any atom is -0.372 e. The van der Waals surface area contributed by atoms with E-state index in [0.717, 1.165) is 12.1 Å². The Hall–Kier alpha value is -3.22. The fourth-order valence-electron chi connectivity index (χ4n) is 3.39. The van der Waals surface area contributed by atoms with E-state index in [1.165, 1.54) is 12.0 Å². The minimum atomic E-state index is -0.00799. The zero-order valence-electron chi connectivity index (χ0n) is 14.8. The summed E-state index contributed by atoms with van der Waals surface area (Å²) in [5.41, 5.74) is 2.92. The van der Waals surface area contributed by atoms with Crippen LogP contribution in [0.25, 0.3) is 5.82 Å². The summed E-state index contributed by atoms with van der Waals surface area (Å²) in [5.74, 6) is 0.569. The second-order valence-corrected chi connectivity index (χ2v) is 6.53. The predicted octanol–water partition coefficient (Wildman–Crippen LogP) is 2.14. The summed E-state index contributed by atoms with van der Waals surface area (Å²) in [6, 6.07) is 11.8. The lowest BCUT2D eigenvalue weighted by Gasteiger charge is -2.28. The Morgan fingerprint density at radius 2 is 2.08 bits per heavy atom. The van der Waals surface area contributed by atoms with Crippen molar-refractivity contribution in [2.24, 2.45) is 0 Å². The molecule has 2 aromatic heterocycles. The fourth-order valence-corrected chi connectivity index (χ4v) is 3.39. The molecule has 0 saturated carbocycles. The summed E-state index contributed by atoms with van der Waals surface area (Å²) < 4.78 is 1.55. The summed E-state index contributed by atoms with van der Waals surface area (Å²) in [7, 11) is 2.07. The third kappa shape index (κ3) is 2.92. The highest BCUT2D eigenvalue weighted by atomic mass is 16.2. The van der Waals surface area contributed by atoms with E-state index in [1.807, 2.05) is 17.0 Å². The van der Waals surface area contributed by atoms with Crippen LogP contribution in [0.5, 0.6) is 0 Å². The number of aromatic nitrogens is 4. The van der Waals surface area contributed by atoms with E-state index in [-0.39, 0.29) is 11.9 Å². The van der Waals surface area contributed by atoms with Gasteiger partial charge in [-0.1, -0.05) is 18.2 Å². The second kappa shape index (κ2) is 6.59. The Morgan fingerprint density at radius 1 is 1.23 bits per heavy atom. The largest absolute Gasteiger partial charge is 0.372 e. The average Bonchev–Trinajstić information content (AvgIpc) is 3.16. The SMILES string of the molecule is CC1CN(C)c2ccccc2CN1C(=O)c1ccnc(-n2cncn2)c1. The second-order valence-electron chi connectivity index (χ2n) is 6.53. The van der Waals surface area contributed by atoms with Crippen molar-refractivity contribution >= 4 is 11.6 Å². The normalized spacial score (nSPS) is 16.9. The van der Waals surface area contributed by atoms with Gasteiger partial charge in [0.25, 0.3) is 5.91 Å². The maximum absolute atomic E-state index is 13.2. The highest BCUT2D eigenvalue weighted by Crippen LogP contribution is 2.27. The molecular formula is C19H20N6O. The molecule has 1 aliphatic heterocycles. The van der Waals surface area contributed by atoms with Gasteiger partial charge in [0.2, 0.25) is 0 Å². The number of carbonyl (C=O) groups is 1. The molecule has 1 amide bonds. The van der Waals surface area contributed by atoms with Crippen LogP contribution in [0.1, 0.15) is 22.8 Å². The van der Waals surface area contributed by atoms with Gasteiger partial charge >= 0.3 is 0 Å². The molecule has 0 spiro atoms. The number of nitrogens with zero attached hydrogens (tertiary/aromatic N) is 6. The number of hydrogen-bond donors (Lipinski definition) is 0. The van der Waals surface area contributed by atoms with E-state index in [1.54, 1.807) is 29.3 Å². The van der Waals surface area contributed by atoms with Crippen molar-refractivity contribution in [2.75, 3.05) is 18.5 Å². The number of hydrogen-bond acceptors (Lipinski definition) is 5. The van der Waals surface area contributed by atoms with Gasteiger partial charge in [0, 0.05) is 43.6 Å². The maximum Gasteiger partial charge on any atom is 0.254 e. The summed E-state index contributed by atoms with van der Waals surface area (Å²) in [4.78, 5) is 25.6. The van der Waals surface area contributed by atoms with Crippen LogP contribution in [-0.2, 0) is 6.54 Å². The summed E-state index contributed by atoms with van der Waals surface area (Å²) >= 11 is 0. The molecule has 0 aliphatic carbocycles. The molecule has 132 valence electrons. The van der Waals surface area contributed by atoms with Crippen molar-refractivity contribution in [1.29, 1.82) is 0 Å². The molecule has 0 fully saturated rings. The first-order valence-corrected chi connectivity index (χ1v) is 8.54. The molecule has 7 heteroatoms. The lowest BCUT2D eigenvalue weighted by Crippen LogP contribution is -2.42. The lowest BCUT2D eigenvalue weighted by atomic mass is 10.1. The molecule has 1 aromatic carbocycles. The van der Waals surface area contributed by atoms with Gasteiger partial charge in [-0.25, -0.2) is 14.6 Å². The van der Waals surface area contributed by atoms with Gasteiger partial charge in [0.1, 0.15) is 12.7 Å². The van der Waals surface area contributed by atoms with Crippen LogP contribution < -0.4 is 4.90 Å². The zero-order valence-corrected chi connectivity index (χ0v) is 14.8. The highest BCUT2D eigenvalue weighted by molar-refractivity contribution is 5.95. The van der Waals surface area contributed by atoms with E-state index >= 15 is 0 Å². The van der Waals surface area contributed by atoms with Gasteiger partial charge in [-0.05, 0) is 30.7 Å². The molecule has 0 bridgehead atoms. The molecule has 1 unspecified atom stereocenters. The Kier molecular flexibility index (Phi) is 4.12. The van der Waals surface area contributed by atoms with Gasteiger partial charge in [-0.15, -0.1) is 0 Å². The molecule has 0 radical (unpaired) electrons.